The van der Waals surface area contributed by atoms with Gasteiger partial charge >= 0.3 is 0 Å². The molecular formula is C17H18ClNO2. The first-order chi connectivity index (χ1) is 10.1. The van der Waals surface area contributed by atoms with E-state index in [1.807, 2.05) is 31.2 Å². The summed E-state index contributed by atoms with van der Waals surface area (Å²) >= 11 is 6.04. The Morgan fingerprint density at radius 3 is 2.52 bits per heavy atom. The molecule has 0 atom stereocenters. The van der Waals surface area contributed by atoms with Gasteiger partial charge < -0.3 is 9.64 Å². The molecule has 0 heterocycles. The third-order valence-electron chi connectivity index (χ3n) is 3.23. The molecule has 0 fully saturated rings. The Hall–Kier alpha value is -2.00. The number of para-hydroxylation sites is 1. The summed E-state index contributed by atoms with van der Waals surface area (Å²) in [5.41, 5.74) is 1.59. The van der Waals surface area contributed by atoms with E-state index in [0.29, 0.717) is 23.7 Å². The zero-order valence-electron chi connectivity index (χ0n) is 12.2. The van der Waals surface area contributed by atoms with Crippen molar-refractivity contribution in [3.63, 3.8) is 0 Å². The molecule has 1 amide bonds. The minimum Gasteiger partial charge on any atom is -0.491 e. The summed E-state index contributed by atoms with van der Waals surface area (Å²) in [7, 11) is 1.74. The summed E-state index contributed by atoms with van der Waals surface area (Å²) in [4.78, 5) is 13.9. The molecule has 2 rings (SSSR count). The van der Waals surface area contributed by atoms with Gasteiger partial charge in [0.25, 0.3) is 5.91 Å². The van der Waals surface area contributed by atoms with E-state index in [0.717, 1.165) is 11.3 Å². The van der Waals surface area contributed by atoms with Crippen molar-refractivity contribution in [1.82, 2.24) is 4.90 Å². The summed E-state index contributed by atoms with van der Waals surface area (Å²) in [6, 6.07) is 14.9. The minimum atomic E-state index is -0.103. The molecule has 0 aliphatic heterocycles. The number of hydrogen-bond acceptors (Lipinski definition) is 2. The summed E-state index contributed by atoms with van der Waals surface area (Å²) in [6.07, 6.45) is 0. The predicted octanol–water partition coefficient (Wildman–Crippen LogP) is 3.80. The number of carbonyl (C=O) groups excluding carboxylic acids is 1. The van der Waals surface area contributed by atoms with Gasteiger partial charge in [-0.15, -0.1) is 0 Å². The first-order valence-corrected chi connectivity index (χ1v) is 7.16. The number of hydrogen-bond donors (Lipinski definition) is 0. The van der Waals surface area contributed by atoms with Crippen molar-refractivity contribution in [1.29, 1.82) is 0 Å². The largest absolute Gasteiger partial charge is 0.491 e. The van der Waals surface area contributed by atoms with Gasteiger partial charge in [-0.3, -0.25) is 4.79 Å². The highest BCUT2D eigenvalue weighted by Crippen LogP contribution is 2.17. The fraction of sp³-hybridized carbons (Fsp3) is 0.235. The second-order valence-corrected chi connectivity index (χ2v) is 5.23. The highest BCUT2D eigenvalue weighted by molar-refractivity contribution is 6.33. The first-order valence-electron chi connectivity index (χ1n) is 6.78. The van der Waals surface area contributed by atoms with Gasteiger partial charge in [-0.25, -0.2) is 0 Å². The Bertz CT molecular complexity index is 628. The Balaban J connectivity index is 1.90. The SMILES string of the molecule is Cc1ccccc1OCCN(C)C(=O)c1ccccc1Cl. The zero-order chi connectivity index (χ0) is 15.2. The Labute approximate surface area is 130 Å². The maximum Gasteiger partial charge on any atom is 0.255 e. The number of benzene rings is 2. The standard InChI is InChI=1S/C17H18ClNO2/c1-13-7-3-6-10-16(13)21-12-11-19(2)17(20)14-8-4-5-9-15(14)18/h3-10H,11-12H2,1-2H3. The van der Waals surface area contributed by atoms with Crippen molar-refractivity contribution in [2.45, 2.75) is 6.92 Å². The van der Waals surface area contributed by atoms with E-state index in [1.54, 1.807) is 36.2 Å². The van der Waals surface area contributed by atoms with E-state index in [9.17, 15) is 4.79 Å². The van der Waals surface area contributed by atoms with Crippen molar-refractivity contribution in [2.75, 3.05) is 20.2 Å². The molecule has 0 unspecified atom stereocenters. The van der Waals surface area contributed by atoms with Gasteiger partial charge in [0.05, 0.1) is 17.1 Å². The maximum absolute atomic E-state index is 12.3. The van der Waals surface area contributed by atoms with Crippen molar-refractivity contribution in [2.24, 2.45) is 0 Å². The molecule has 0 bridgehead atoms. The molecule has 0 aliphatic rings. The second-order valence-electron chi connectivity index (χ2n) is 4.82. The molecule has 0 spiro atoms. The van der Waals surface area contributed by atoms with Crippen LogP contribution in [0.25, 0.3) is 0 Å². The Morgan fingerprint density at radius 2 is 1.81 bits per heavy atom. The lowest BCUT2D eigenvalue weighted by atomic mass is 10.2. The summed E-state index contributed by atoms with van der Waals surface area (Å²) in [5.74, 6) is 0.741. The molecule has 2 aromatic carbocycles. The molecule has 2 aromatic rings. The maximum atomic E-state index is 12.3. The lowest BCUT2D eigenvalue weighted by Gasteiger charge is -2.18. The highest BCUT2D eigenvalue weighted by atomic mass is 35.5. The van der Waals surface area contributed by atoms with Gasteiger partial charge in [-0.1, -0.05) is 41.9 Å². The third kappa shape index (κ3) is 3.99. The van der Waals surface area contributed by atoms with Crippen LogP contribution in [-0.4, -0.2) is 31.0 Å². The fourth-order valence-corrected chi connectivity index (χ4v) is 2.17. The summed E-state index contributed by atoms with van der Waals surface area (Å²) < 4.78 is 5.70. The van der Waals surface area contributed by atoms with Gasteiger partial charge in [-0.2, -0.15) is 0 Å². The summed E-state index contributed by atoms with van der Waals surface area (Å²) in [5, 5.41) is 0.467. The number of amides is 1. The minimum absolute atomic E-state index is 0.103. The van der Waals surface area contributed by atoms with Gasteiger partial charge in [0, 0.05) is 7.05 Å². The number of likely N-dealkylation sites (N-methyl/N-ethyl adjacent to an activating group) is 1. The smallest absolute Gasteiger partial charge is 0.255 e. The van der Waals surface area contributed by atoms with Crippen LogP contribution in [-0.2, 0) is 0 Å². The van der Waals surface area contributed by atoms with Gasteiger partial charge in [-0.05, 0) is 30.7 Å². The Morgan fingerprint density at radius 1 is 1.14 bits per heavy atom. The molecule has 0 aliphatic carbocycles. The topological polar surface area (TPSA) is 29.5 Å². The van der Waals surface area contributed by atoms with Crippen molar-refractivity contribution >= 4 is 17.5 Å². The molecule has 0 saturated heterocycles. The quantitative estimate of drug-likeness (QED) is 0.841. The van der Waals surface area contributed by atoms with E-state index in [1.165, 1.54) is 0 Å². The number of ether oxygens (including phenoxy) is 1. The van der Waals surface area contributed by atoms with Crippen molar-refractivity contribution in [3.8, 4) is 5.75 Å². The van der Waals surface area contributed by atoms with Crippen LogP contribution < -0.4 is 4.74 Å². The van der Waals surface area contributed by atoms with Crippen LogP contribution >= 0.6 is 11.6 Å². The molecule has 0 N–H and O–H groups in total. The number of aryl methyl sites for hydroxylation is 1. The van der Waals surface area contributed by atoms with Crippen LogP contribution in [0.5, 0.6) is 5.75 Å². The molecule has 3 nitrogen and oxygen atoms in total. The van der Waals surface area contributed by atoms with Gasteiger partial charge in [0.15, 0.2) is 0 Å². The average Bonchev–Trinajstić information content (AvgIpc) is 2.49. The second kappa shape index (κ2) is 7.14. The van der Waals surface area contributed by atoms with Crippen molar-refractivity contribution < 1.29 is 9.53 Å². The van der Waals surface area contributed by atoms with Crippen molar-refractivity contribution in [3.05, 3.63) is 64.7 Å². The predicted molar refractivity (Wildman–Crippen MR) is 85.1 cm³/mol. The molecule has 21 heavy (non-hydrogen) atoms. The fourth-order valence-electron chi connectivity index (χ4n) is 1.95. The molecule has 110 valence electrons. The number of nitrogens with zero attached hydrogens (tertiary/aromatic N) is 1. The zero-order valence-corrected chi connectivity index (χ0v) is 12.9. The first kappa shape index (κ1) is 15.4. The molecule has 0 saturated carbocycles. The van der Waals surface area contributed by atoms with Crippen LogP contribution in [0.15, 0.2) is 48.5 Å². The van der Waals surface area contributed by atoms with Crippen LogP contribution in [0.2, 0.25) is 5.02 Å². The van der Waals surface area contributed by atoms with E-state index < -0.39 is 0 Å². The molecular weight excluding hydrogens is 286 g/mol. The lowest BCUT2D eigenvalue weighted by molar-refractivity contribution is 0.0774. The van der Waals surface area contributed by atoms with Crippen LogP contribution in [0.1, 0.15) is 15.9 Å². The Kier molecular flexibility index (Phi) is 5.23. The van der Waals surface area contributed by atoms with Crippen LogP contribution in [0.4, 0.5) is 0 Å². The summed E-state index contributed by atoms with van der Waals surface area (Å²) in [6.45, 7) is 2.93. The van der Waals surface area contributed by atoms with Gasteiger partial charge in [0.1, 0.15) is 12.4 Å². The van der Waals surface area contributed by atoms with E-state index in [-0.39, 0.29) is 5.91 Å². The monoisotopic (exact) mass is 303 g/mol. The van der Waals surface area contributed by atoms with E-state index in [4.69, 9.17) is 16.3 Å². The average molecular weight is 304 g/mol. The van der Waals surface area contributed by atoms with Crippen LogP contribution in [0, 0.1) is 6.92 Å². The van der Waals surface area contributed by atoms with E-state index >= 15 is 0 Å². The number of rotatable bonds is 5. The third-order valence-corrected chi connectivity index (χ3v) is 3.56. The normalized spacial score (nSPS) is 10.2. The lowest BCUT2D eigenvalue weighted by Crippen LogP contribution is -2.31. The molecule has 4 heteroatoms. The molecule has 0 aromatic heterocycles. The number of halogens is 1. The van der Waals surface area contributed by atoms with Crippen LogP contribution in [0.3, 0.4) is 0 Å². The number of carbonyl (C=O) groups is 1. The van der Waals surface area contributed by atoms with E-state index in [2.05, 4.69) is 0 Å². The molecule has 0 radical (unpaired) electrons. The van der Waals surface area contributed by atoms with Gasteiger partial charge in [0.2, 0.25) is 0 Å². The highest BCUT2D eigenvalue weighted by Gasteiger charge is 2.14.